The number of aromatic amines is 1. The summed E-state index contributed by atoms with van der Waals surface area (Å²) in [5.41, 5.74) is 2.12. The molecule has 0 saturated heterocycles. The fourth-order valence-electron chi connectivity index (χ4n) is 1.98. The monoisotopic (exact) mass is 310 g/mol. The second kappa shape index (κ2) is 6.65. The van der Waals surface area contributed by atoms with E-state index in [1.807, 2.05) is 18.2 Å². The number of pyridine rings is 1. The molecule has 0 saturated carbocycles. The lowest BCUT2D eigenvalue weighted by Gasteiger charge is -2.08. The van der Waals surface area contributed by atoms with E-state index in [4.69, 9.17) is 5.11 Å². The van der Waals surface area contributed by atoms with Crippen molar-refractivity contribution in [1.29, 1.82) is 0 Å². The van der Waals surface area contributed by atoms with Crippen LogP contribution in [0.15, 0.2) is 42.9 Å². The van der Waals surface area contributed by atoms with E-state index in [0.29, 0.717) is 23.0 Å². The van der Waals surface area contributed by atoms with Crippen molar-refractivity contribution in [2.24, 2.45) is 0 Å². The number of carboxylic acid groups (broad SMARTS) is 1. The van der Waals surface area contributed by atoms with Crippen molar-refractivity contribution in [2.75, 3.05) is 11.9 Å². The molecule has 3 aromatic heterocycles. The van der Waals surface area contributed by atoms with E-state index in [-0.39, 0.29) is 13.0 Å². The van der Waals surface area contributed by atoms with Crippen molar-refractivity contribution in [1.82, 2.24) is 25.1 Å². The molecule has 0 amide bonds. The van der Waals surface area contributed by atoms with Gasteiger partial charge >= 0.3 is 5.97 Å². The van der Waals surface area contributed by atoms with Gasteiger partial charge in [0.15, 0.2) is 5.82 Å². The topological polar surface area (TPSA) is 117 Å². The Labute approximate surface area is 131 Å². The van der Waals surface area contributed by atoms with Gasteiger partial charge in [0, 0.05) is 30.6 Å². The second-order valence-electron chi connectivity index (χ2n) is 4.73. The number of hydrogen-bond donors (Lipinski definition) is 3. The van der Waals surface area contributed by atoms with Gasteiger partial charge in [0.05, 0.1) is 18.3 Å². The lowest BCUT2D eigenvalue weighted by Crippen LogP contribution is -2.09. The van der Waals surface area contributed by atoms with Crippen molar-refractivity contribution in [2.45, 2.75) is 6.42 Å². The molecular weight excluding hydrogens is 296 g/mol. The molecule has 0 fully saturated rings. The normalized spacial score (nSPS) is 10.4. The summed E-state index contributed by atoms with van der Waals surface area (Å²) in [5.74, 6) is 0.131. The molecule has 3 aromatic rings. The minimum atomic E-state index is -0.869. The highest BCUT2D eigenvalue weighted by atomic mass is 16.4. The molecule has 0 aliphatic heterocycles. The summed E-state index contributed by atoms with van der Waals surface area (Å²) in [6.07, 6.45) is 5.06. The smallest absolute Gasteiger partial charge is 0.305 e. The van der Waals surface area contributed by atoms with Crippen LogP contribution in [-0.4, -0.2) is 42.8 Å². The molecule has 3 heterocycles. The standard InChI is InChI=1S/C15H14N6O2/c22-14(23)4-6-17-13-7-12(10-8-18-19-9-10)20-15(21-13)11-3-1-2-5-16-11/h1-3,5,7-9H,4,6H2,(H,18,19)(H,22,23)(H,17,20,21). The summed E-state index contributed by atoms with van der Waals surface area (Å²) >= 11 is 0. The van der Waals surface area contributed by atoms with Crippen LogP contribution in [0.3, 0.4) is 0 Å². The largest absolute Gasteiger partial charge is 0.481 e. The van der Waals surface area contributed by atoms with Crippen LogP contribution >= 0.6 is 0 Å². The number of nitrogens with zero attached hydrogens (tertiary/aromatic N) is 4. The van der Waals surface area contributed by atoms with Crippen molar-refractivity contribution in [3.8, 4) is 22.8 Å². The molecule has 0 bridgehead atoms. The summed E-state index contributed by atoms with van der Waals surface area (Å²) in [7, 11) is 0. The molecule has 0 aliphatic carbocycles. The van der Waals surface area contributed by atoms with Gasteiger partial charge in [-0.25, -0.2) is 9.97 Å². The molecule has 0 radical (unpaired) electrons. The minimum Gasteiger partial charge on any atom is -0.481 e. The van der Waals surface area contributed by atoms with Gasteiger partial charge in [-0.2, -0.15) is 5.10 Å². The fourth-order valence-corrected chi connectivity index (χ4v) is 1.98. The third-order valence-electron chi connectivity index (χ3n) is 3.06. The zero-order valence-corrected chi connectivity index (χ0v) is 12.1. The van der Waals surface area contributed by atoms with E-state index in [1.165, 1.54) is 0 Å². The first-order chi connectivity index (χ1) is 11.2. The molecule has 0 unspecified atom stereocenters. The van der Waals surface area contributed by atoms with Crippen molar-refractivity contribution < 1.29 is 9.90 Å². The molecular formula is C15H14N6O2. The van der Waals surface area contributed by atoms with Crippen LogP contribution in [0, 0.1) is 0 Å². The highest BCUT2D eigenvalue weighted by molar-refractivity contribution is 5.68. The first-order valence-corrected chi connectivity index (χ1v) is 6.97. The average Bonchev–Trinajstić information content (AvgIpc) is 3.10. The third kappa shape index (κ3) is 3.67. The Morgan fingerprint density at radius 3 is 2.87 bits per heavy atom. The van der Waals surface area contributed by atoms with Crippen LogP contribution in [0.2, 0.25) is 0 Å². The third-order valence-corrected chi connectivity index (χ3v) is 3.06. The summed E-state index contributed by atoms with van der Waals surface area (Å²) in [5, 5.41) is 18.4. The van der Waals surface area contributed by atoms with Crippen molar-refractivity contribution in [3.63, 3.8) is 0 Å². The van der Waals surface area contributed by atoms with Gasteiger partial charge in [0.1, 0.15) is 11.5 Å². The summed E-state index contributed by atoms with van der Waals surface area (Å²) in [4.78, 5) is 23.8. The van der Waals surface area contributed by atoms with Gasteiger partial charge in [-0.15, -0.1) is 0 Å². The number of carboxylic acids is 1. The SMILES string of the molecule is O=C(O)CCNc1cc(-c2cn[nH]c2)nc(-c2ccccn2)n1. The summed E-state index contributed by atoms with van der Waals surface area (Å²) in [6, 6.07) is 7.23. The maximum Gasteiger partial charge on any atom is 0.305 e. The van der Waals surface area contributed by atoms with E-state index in [0.717, 1.165) is 5.56 Å². The van der Waals surface area contributed by atoms with Gasteiger partial charge in [0.25, 0.3) is 0 Å². The van der Waals surface area contributed by atoms with Gasteiger partial charge in [-0.1, -0.05) is 6.07 Å². The summed E-state index contributed by atoms with van der Waals surface area (Å²) < 4.78 is 0. The van der Waals surface area contributed by atoms with E-state index < -0.39 is 5.97 Å². The highest BCUT2D eigenvalue weighted by Crippen LogP contribution is 2.22. The van der Waals surface area contributed by atoms with Crippen molar-refractivity contribution >= 4 is 11.8 Å². The molecule has 116 valence electrons. The minimum absolute atomic E-state index is 0.00394. The van der Waals surface area contributed by atoms with E-state index >= 15 is 0 Å². The Bertz CT molecular complexity index is 789. The number of nitrogens with one attached hydrogen (secondary N) is 2. The second-order valence-corrected chi connectivity index (χ2v) is 4.73. The predicted octanol–water partition coefficient (Wildman–Crippen LogP) is 1.82. The Kier molecular flexibility index (Phi) is 4.23. The van der Waals surface area contributed by atoms with Crippen LogP contribution in [-0.2, 0) is 4.79 Å². The Hall–Kier alpha value is -3.29. The molecule has 3 rings (SSSR count). The van der Waals surface area contributed by atoms with Gasteiger partial charge < -0.3 is 10.4 Å². The first kappa shape index (κ1) is 14.6. The molecule has 0 aromatic carbocycles. The lowest BCUT2D eigenvalue weighted by atomic mass is 10.2. The van der Waals surface area contributed by atoms with Gasteiger partial charge in [0.2, 0.25) is 0 Å². The number of rotatable bonds is 6. The summed E-state index contributed by atoms with van der Waals surface area (Å²) in [6.45, 7) is 0.277. The van der Waals surface area contributed by atoms with Gasteiger partial charge in [-0.3, -0.25) is 14.9 Å². The zero-order chi connectivity index (χ0) is 16.1. The van der Waals surface area contributed by atoms with E-state index in [2.05, 4.69) is 30.5 Å². The highest BCUT2D eigenvalue weighted by Gasteiger charge is 2.10. The zero-order valence-electron chi connectivity index (χ0n) is 12.1. The first-order valence-electron chi connectivity index (χ1n) is 6.97. The number of aromatic nitrogens is 5. The molecule has 8 nitrogen and oxygen atoms in total. The predicted molar refractivity (Wildman–Crippen MR) is 83.6 cm³/mol. The van der Waals surface area contributed by atoms with Crippen LogP contribution in [0.5, 0.6) is 0 Å². The molecule has 0 spiro atoms. The molecule has 23 heavy (non-hydrogen) atoms. The number of H-pyrrole nitrogens is 1. The molecule has 8 heteroatoms. The quantitative estimate of drug-likeness (QED) is 0.635. The molecule has 0 aliphatic rings. The van der Waals surface area contributed by atoms with Gasteiger partial charge in [-0.05, 0) is 12.1 Å². The number of carbonyl (C=O) groups is 1. The Morgan fingerprint density at radius 2 is 2.17 bits per heavy atom. The Balaban J connectivity index is 1.95. The Morgan fingerprint density at radius 1 is 1.26 bits per heavy atom. The maximum atomic E-state index is 10.6. The van der Waals surface area contributed by atoms with Crippen LogP contribution in [0.25, 0.3) is 22.8 Å². The van der Waals surface area contributed by atoms with Crippen LogP contribution in [0.4, 0.5) is 5.82 Å². The number of aliphatic carboxylic acids is 1. The van der Waals surface area contributed by atoms with E-state index in [1.54, 1.807) is 24.7 Å². The van der Waals surface area contributed by atoms with E-state index in [9.17, 15) is 4.79 Å². The number of anilines is 1. The van der Waals surface area contributed by atoms with Crippen LogP contribution < -0.4 is 5.32 Å². The molecule has 0 atom stereocenters. The number of hydrogen-bond acceptors (Lipinski definition) is 6. The average molecular weight is 310 g/mol. The van der Waals surface area contributed by atoms with Crippen molar-refractivity contribution in [3.05, 3.63) is 42.9 Å². The van der Waals surface area contributed by atoms with Crippen LogP contribution in [0.1, 0.15) is 6.42 Å². The maximum absolute atomic E-state index is 10.6. The molecule has 3 N–H and O–H groups in total. The lowest BCUT2D eigenvalue weighted by molar-refractivity contribution is -0.136. The fraction of sp³-hybridized carbons (Fsp3) is 0.133.